The highest BCUT2D eigenvalue weighted by Gasteiger charge is 2.13. The van der Waals surface area contributed by atoms with Gasteiger partial charge in [-0.05, 0) is 49.6 Å². The topological polar surface area (TPSA) is 73.1 Å². The Morgan fingerprint density at radius 3 is 2.48 bits per heavy atom. The Morgan fingerprint density at radius 2 is 1.76 bits per heavy atom. The first-order valence-electron chi connectivity index (χ1n) is 8.21. The lowest BCUT2D eigenvalue weighted by Crippen LogP contribution is -2.11. The average Bonchev–Trinajstić information content (AvgIpc) is 2.62. The molecule has 5 heteroatoms. The van der Waals surface area contributed by atoms with Crippen LogP contribution < -0.4 is 15.8 Å². The maximum absolute atomic E-state index is 6.21. The number of rotatable bonds is 5. The van der Waals surface area contributed by atoms with Gasteiger partial charge < -0.3 is 15.8 Å². The van der Waals surface area contributed by atoms with Crippen molar-refractivity contribution in [3.05, 3.63) is 71.5 Å². The molecule has 1 unspecified atom stereocenters. The number of aromatic nitrogens is 2. The summed E-state index contributed by atoms with van der Waals surface area (Å²) in [7, 11) is 0. The zero-order chi connectivity index (χ0) is 17.8. The molecule has 0 radical (unpaired) electrons. The highest BCUT2D eigenvalue weighted by molar-refractivity contribution is 5.67. The molecule has 128 valence electrons. The van der Waals surface area contributed by atoms with Crippen LogP contribution in [-0.2, 0) is 0 Å². The van der Waals surface area contributed by atoms with Gasteiger partial charge in [-0.2, -0.15) is 4.98 Å². The Morgan fingerprint density at radius 1 is 1.00 bits per heavy atom. The minimum atomic E-state index is 0.0628. The van der Waals surface area contributed by atoms with Crippen LogP contribution in [0.5, 0.6) is 11.6 Å². The highest BCUT2D eigenvalue weighted by atomic mass is 16.5. The van der Waals surface area contributed by atoms with Gasteiger partial charge in [-0.1, -0.05) is 36.4 Å². The van der Waals surface area contributed by atoms with Gasteiger partial charge in [0.05, 0.1) is 6.04 Å². The molecule has 2 aromatic carbocycles. The van der Waals surface area contributed by atoms with Gasteiger partial charge in [-0.3, -0.25) is 0 Å². The fourth-order valence-electron chi connectivity index (χ4n) is 2.49. The van der Waals surface area contributed by atoms with Crippen molar-refractivity contribution in [1.82, 2.24) is 9.97 Å². The summed E-state index contributed by atoms with van der Waals surface area (Å²) in [4.78, 5) is 8.42. The lowest BCUT2D eigenvalue weighted by molar-refractivity contribution is 0.464. The second-order valence-electron chi connectivity index (χ2n) is 6.07. The van der Waals surface area contributed by atoms with Crippen LogP contribution in [0.1, 0.15) is 29.7 Å². The van der Waals surface area contributed by atoms with Crippen LogP contribution in [0.4, 0.5) is 11.5 Å². The monoisotopic (exact) mass is 334 g/mol. The predicted molar refractivity (Wildman–Crippen MR) is 101 cm³/mol. The lowest BCUT2D eigenvalue weighted by Gasteiger charge is -2.17. The minimum absolute atomic E-state index is 0.0628. The van der Waals surface area contributed by atoms with Crippen LogP contribution in [0.3, 0.4) is 0 Å². The van der Waals surface area contributed by atoms with Gasteiger partial charge in [-0.15, -0.1) is 0 Å². The predicted octanol–water partition coefficient (Wildman–Crippen LogP) is 4.64. The summed E-state index contributed by atoms with van der Waals surface area (Å²) in [6, 6.07) is 16.1. The van der Waals surface area contributed by atoms with E-state index in [9.17, 15) is 0 Å². The highest BCUT2D eigenvalue weighted by Crippen LogP contribution is 2.31. The van der Waals surface area contributed by atoms with Gasteiger partial charge in [0, 0.05) is 0 Å². The second-order valence-corrected chi connectivity index (χ2v) is 6.07. The number of hydrogen-bond acceptors (Lipinski definition) is 5. The number of anilines is 2. The van der Waals surface area contributed by atoms with Crippen LogP contribution in [0.25, 0.3) is 0 Å². The van der Waals surface area contributed by atoms with E-state index in [4.69, 9.17) is 10.5 Å². The van der Waals surface area contributed by atoms with Crippen molar-refractivity contribution in [3.8, 4) is 11.6 Å². The first kappa shape index (κ1) is 16.8. The molecule has 5 nitrogen and oxygen atoms in total. The second kappa shape index (κ2) is 7.21. The normalized spacial score (nSPS) is 11.8. The lowest BCUT2D eigenvalue weighted by atomic mass is 10.1. The van der Waals surface area contributed by atoms with E-state index in [1.165, 1.54) is 11.9 Å². The number of nitrogens with two attached hydrogens (primary N) is 1. The van der Waals surface area contributed by atoms with E-state index in [1.807, 2.05) is 43.3 Å². The van der Waals surface area contributed by atoms with Gasteiger partial charge >= 0.3 is 0 Å². The summed E-state index contributed by atoms with van der Waals surface area (Å²) in [5.41, 5.74) is 10.1. The molecular formula is C20H22N4O. The molecule has 1 heterocycles. The Hall–Kier alpha value is -3.08. The van der Waals surface area contributed by atoms with E-state index in [2.05, 4.69) is 41.3 Å². The summed E-state index contributed by atoms with van der Waals surface area (Å²) in [6.07, 6.45) is 1.45. The number of ether oxygens (including phenoxy) is 1. The molecule has 0 bridgehead atoms. The summed E-state index contributed by atoms with van der Waals surface area (Å²) in [5.74, 6) is 1.61. The molecule has 0 saturated heterocycles. The van der Waals surface area contributed by atoms with Crippen LogP contribution in [0.2, 0.25) is 0 Å². The van der Waals surface area contributed by atoms with Crippen LogP contribution in [0.15, 0.2) is 54.9 Å². The fraction of sp³-hybridized carbons (Fsp3) is 0.200. The number of nitrogens with zero attached hydrogens (tertiary/aromatic N) is 2. The van der Waals surface area contributed by atoms with Crippen molar-refractivity contribution in [1.29, 1.82) is 0 Å². The number of nitrogens with one attached hydrogen (secondary N) is 1. The molecule has 0 amide bonds. The zero-order valence-corrected chi connectivity index (χ0v) is 14.7. The molecule has 0 aliphatic carbocycles. The number of aryl methyl sites for hydroxylation is 2. The van der Waals surface area contributed by atoms with Crippen molar-refractivity contribution in [2.45, 2.75) is 26.8 Å². The molecule has 3 rings (SSSR count). The number of hydrogen-bond donors (Lipinski definition) is 2. The maximum Gasteiger partial charge on any atom is 0.248 e. The molecule has 0 saturated carbocycles. The molecule has 0 fully saturated rings. The fourth-order valence-corrected chi connectivity index (χ4v) is 2.49. The van der Waals surface area contributed by atoms with Gasteiger partial charge in [-0.25, -0.2) is 4.98 Å². The summed E-state index contributed by atoms with van der Waals surface area (Å²) >= 11 is 0. The first-order chi connectivity index (χ1) is 12.0. The van der Waals surface area contributed by atoms with E-state index in [0.717, 1.165) is 11.1 Å². The molecule has 25 heavy (non-hydrogen) atoms. The Labute approximate surface area is 147 Å². The third-order valence-corrected chi connectivity index (χ3v) is 4.19. The van der Waals surface area contributed by atoms with Gasteiger partial charge in [0.25, 0.3) is 0 Å². The SMILES string of the molecule is Cc1ccc(Oc2ncnc(NC(C)c3ccccc3)c2N)cc1C. The molecule has 3 aromatic rings. The largest absolute Gasteiger partial charge is 0.437 e. The van der Waals surface area contributed by atoms with Crippen molar-refractivity contribution in [2.24, 2.45) is 0 Å². The van der Waals surface area contributed by atoms with Crippen molar-refractivity contribution in [3.63, 3.8) is 0 Å². The van der Waals surface area contributed by atoms with Gasteiger partial charge in [0.15, 0.2) is 5.82 Å². The summed E-state index contributed by atoms with van der Waals surface area (Å²) < 4.78 is 5.86. The maximum atomic E-state index is 6.21. The van der Waals surface area contributed by atoms with Crippen molar-refractivity contribution < 1.29 is 4.74 Å². The van der Waals surface area contributed by atoms with E-state index in [0.29, 0.717) is 23.1 Å². The van der Waals surface area contributed by atoms with Gasteiger partial charge in [0.2, 0.25) is 5.88 Å². The first-order valence-corrected chi connectivity index (χ1v) is 8.21. The van der Waals surface area contributed by atoms with E-state index >= 15 is 0 Å². The summed E-state index contributed by atoms with van der Waals surface area (Å²) in [6.45, 7) is 6.16. The van der Waals surface area contributed by atoms with Crippen LogP contribution >= 0.6 is 0 Å². The standard InChI is InChI=1S/C20H22N4O/c1-13-9-10-17(11-14(13)2)25-20-18(21)19(22-12-23-20)24-15(3)16-7-5-4-6-8-16/h4-12,15H,21H2,1-3H3,(H,22,23,24). The molecule has 1 aromatic heterocycles. The summed E-state index contributed by atoms with van der Waals surface area (Å²) in [5, 5.41) is 3.32. The Kier molecular flexibility index (Phi) is 4.84. The number of benzene rings is 2. The third kappa shape index (κ3) is 3.88. The van der Waals surface area contributed by atoms with Crippen molar-refractivity contribution >= 4 is 11.5 Å². The molecular weight excluding hydrogens is 312 g/mol. The molecule has 1 atom stereocenters. The Bertz CT molecular complexity index is 865. The van der Waals surface area contributed by atoms with Gasteiger partial charge in [0.1, 0.15) is 17.8 Å². The molecule has 3 N–H and O–H groups in total. The van der Waals surface area contributed by atoms with E-state index < -0.39 is 0 Å². The van der Waals surface area contributed by atoms with Crippen LogP contribution in [-0.4, -0.2) is 9.97 Å². The molecule has 0 aliphatic rings. The average molecular weight is 334 g/mol. The smallest absolute Gasteiger partial charge is 0.248 e. The molecule has 0 aliphatic heterocycles. The quantitative estimate of drug-likeness (QED) is 0.711. The third-order valence-electron chi connectivity index (χ3n) is 4.19. The Balaban J connectivity index is 1.81. The van der Waals surface area contributed by atoms with Crippen LogP contribution in [0, 0.1) is 13.8 Å². The minimum Gasteiger partial charge on any atom is -0.437 e. The number of nitrogen functional groups attached to an aromatic ring is 1. The zero-order valence-electron chi connectivity index (χ0n) is 14.7. The van der Waals surface area contributed by atoms with Crippen molar-refractivity contribution in [2.75, 3.05) is 11.1 Å². The van der Waals surface area contributed by atoms with E-state index in [-0.39, 0.29) is 6.04 Å². The molecule has 0 spiro atoms. The van der Waals surface area contributed by atoms with E-state index in [1.54, 1.807) is 0 Å².